The Bertz CT molecular complexity index is 572. The number of hydrogen-bond acceptors (Lipinski definition) is 6. The highest BCUT2D eigenvalue weighted by molar-refractivity contribution is 5.88. The summed E-state index contributed by atoms with van der Waals surface area (Å²) >= 11 is 0. The number of carboxylic acids is 1. The number of aromatic carboxylic acids is 1. The summed E-state index contributed by atoms with van der Waals surface area (Å²) in [6, 6.07) is 1.56. The molecule has 3 heterocycles. The average molecular weight is 262 g/mol. The molecule has 0 radical (unpaired) electrons. The highest BCUT2D eigenvalue weighted by Crippen LogP contribution is 2.37. The van der Waals surface area contributed by atoms with Gasteiger partial charge >= 0.3 is 5.97 Å². The van der Waals surface area contributed by atoms with Crippen LogP contribution in [0.4, 0.5) is 5.69 Å². The third-order valence-corrected chi connectivity index (χ3v) is 3.44. The Morgan fingerprint density at radius 1 is 1.58 bits per heavy atom. The summed E-state index contributed by atoms with van der Waals surface area (Å²) in [7, 11) is 0. The van der Waals surface area contributed by atoms with E-state index in [0.29, 0.717) is 24.9 Å². The van der Waals surface area contributed by atoms with Gasteiger partial charge in [-0.3, -0.25) is 0 Å². The molecule has 2 aliphatic rings. The van der Waals surface area contributed by atoms with Crippen LogP contribution in [-0.2, 0) is 4.74 Å². The molecule has 0 aromatic carbocycles. The molecule has 0 spiro atoms. The van der Waals surface area contributed by atoms with Gasteiger partial charge in [-0.15, -0.1) is 0 Å². The number of nitrogens with two attached hydrogens (primary N) is 1. The summed E-state index contributed by atoms with van der Waals surface area (Å²) in [6.07, 6.45) is 1.45. The molecule has 1 saturated heterocycles. The predicted octanol–water partition coefficient (Wildman–Crippen LogP) is 0.501. The molecule has 1 aromatic heterocycles. The van der Waals surface area contributed by atoms with E-state index in [1.54, 1.807) is 6.07 Å². The molecule has 3 rings (SSSR count). The van der Waals surface area contributed by atoms with E-state index < -0.39 is 5.97 Å². The fourth-order valence-electron chi connectivity index (χ4n) is 2.57. The minimum absolute atomic E-state index is 0.00704. The number of pyridine rings is 1. The van der Waals surface area contributed by atoms with Crippen molar-refractivity contribution >= 4 is 17.6 Å². The number of nitrogens with zero attached hydrogens (tertiary/aromatic N) is 3. The number of rotatable bonds is 1. The second kappa shape index (κ2) is 4.20. The molecular formula is C12H14N4O3. The van der Waals surface area contributed by atoms with Gasteiger partial charge in [0.05, 0.1) is 37.2 Å². The van der Waals surface area contributed by atoms with E-state index in [1.807, 2.05) is 11.8 Å². The molecule has 0 unspecified atom stereocenters. The highest BCUT2D eigenvalue weighted by atomic mass is 16.5. The summed E-state index contributed by atoms with van der Waals surface area (Å²) in [6.45, 7) is 3.05. The SMILES string of the molecule is C[C@H]1COC[C@H]2c3cc(C(=O)O)ncc3N=C(N)N12. The first-order valence-corrected chi connectivity index (χ1v) is 6.01. The second-order valence-electron chi connectivity index (χ2n) is 4.71. The van der Waals surface area contributed by atoms with Gasteiger partial charge in [0, 0.05) is 5.56 Å². The number of carboxylic acid groups (broad SMARTS) is 1. The van der Waals surface area contributed by atoms with E-state index in [9.17, 15) is 4.79 Å². The molecule has 2 aliphatic heterocycles. The fourth-order valence-corrected chi connectivity index (χ4v) is 2.57. The molecule has 0 amide bonds. The smallest absolute Gasteiger partial charge is 0.354 e. The average Bonchev–Trinajstić information content (AvgIpc) is 2.38. The van der Waals surface area contributed by atoms with E-state index in [-0.39, 0.29) is 17.8 Å². The molecule has 7 nitrogen and oxygen atoms in total. The lowest BCUT2D eigenvalue weighted by molar-refractivity contribution is -0.00976. The Morgan fingerprint density at radius 3 is 3.11 bits per heavy atom. The van der Waals surface area contributed by atoms with Gasteiger partial charge in [0.25, 0.3) is 0 Å². The minimum Gasteiger partial charge on any atom is -0.477 e. The molecule has 100 valence electrons. The van der Waals surface area contributed by atoms with E-state index in [1.165, 1.54) is 6.20 Å². The normalized spacial score (nSPS) is 25.3. The Kier molecular flexibility index (Phi) is 2.63. The fraction of sp³-hybridized carbons (Fsp3) is 0.417. The van der Waals surface area contributed by atoms with Crippen LogP contribution >= 0.6 is 0 Å². The zero-order chi connectivity index (χ0) is 13.6. The standard InChI is InChI=1S/C12H14N4O3/c1-6-4-19-5-10-7-2-8(11(17)18)14-3-9(7)15-12(13)16(6)10/h2-3,6,10H,4-5H2,1H3,(H2,13,15)(H,17,18)/t6-,10-/m0/s1. The number of fused-ring (bicyclic) bond motifs is 3. The predicted molar refractivity (Wildman–Crippen MR) is 67.3 cm³/mol. The van der Waals surface area contributed by atoms with Gasteiger partial charge in [-0.05, 0) is 13.0 Å². The maximum Gasteiger partial charge on any atom is 0.354 e. The summed E-state index contributed by atoms with van der Waals surface area (Å²) in [4.78, 5) is 21.1. The van der Waals surface area contributed by atoms with Crippen molar-refractivity contribution < 1.29 is 14.6 Å². The number of aliphatic imine (C=N–C) groups is 1. The van der Waals surface area contributed by atoms with Crippen LogP contribution in [0.5, 0.6) is 0 Å². The lowest BCUT2D eigenvalue weighted by Crippen LogP contribution is -2.53. The molecule has 3 N–H and O–H groups in total. The zero-order valence-electron chi connectivity index (χ0n) is 10.4. The van der Waals surface area contributed by atoms with Crippen molar-refractivity contribution in [2.45, 2.75) is 19.0 Å². The lowest BCUT2D eigenvalue weighted by Gasteiger charge is -2.43. The molecule has 2 atom stereocenters. The van der Waals surface area contributed by atoms with Crippen LogP contribution in [0.3, 0.4) is 0 Å². The molecule has 0 saturated carbocycles. The zero-order valence-corrected chi connectivity index (χ0v) is 10.4. The van der Waals surface area contributed by atoms with Crippen LogP contribution in [0.1, 0.15) is 29.0 Å². The quantitative estimate of drug-likeness (QED) is 0.764. The van der Waals surface area contributed by atoms with Gasteiger partial charge in [0.2, 0.25) is 0 Å². The molecule has 1 fully saturated rings. The largest absolute Gasteiger partial charge is 0.477 e. The van der Waals surface area contributed by atoms with Crippen molar-refractivity contribution in [1.82, 2.24) is 9.88 Å². The Hall–Kier alpha value is -2.15. The number of aromatic nitrogens is 1. The molecule has 0 bridgehead atoms. The van der Waals surface area contributed by atoms with E-state index >= 15 is 0 Å². The van der Waals surface area contributed by atoms with Crippen LogP contribution in [0, 0.1) is 0 Å². The third-order valence-electron chi connectivity index (χ3n) is 3.44. The van der Waals surface area contributed by atoms with Crippen LogP contribution in [-0.4, -0.2) is 46.2 Å². The molecule has 7 heteroatoms. The molecule has 19 heavy (non-hydrogen) atoms. The van der Waals surface area contributed by atoms with Crippen molar-refractivity contribution in [3.8, 4) is 0 Å². The van der Waals surface area contributed by atoms with Crippen molar-refractivity contribution in [1.29, 1.82) is 0 Å². The van der Waals surface area contributed by atoms with Gasteiger partial charge in [0.1, 0.15) is 5.69 Å². The van der Waals surface area contributed by atoms with Gasteiger partial charge < -0.3 is 20.5 Å². The summed E-state index contributed by atoms with van der Waals surface area (Å²) < 4.78 is 5.54. The number of morpholine rings is 1. The topological polar surface area (TPSA) is 101 Å². The van der Waals surface area contributed by atoms with Crippen LogP contribution < -0.4 is 5.73 Å². The number of ether oxygens (including phenoxy) is 1. The van der Waals surface area contributed by atoms with E-state index in [0.717, 1.165) is 5.56 Å². The van der Waals surface area contributed by atoms with Gasteiger partial charge in [0.15, 0.2) is 5.96 Å². The first-order chi connectivity index (χ1) is 9.08. The minimum atomic E-state index is -1.05. The molecule has 1 aromatic rings. The van der Waals surface area contributed by atoms with Crippen LogP contribution in [0.2, 0.25) is 0 Å². The molecular weight excluding hydrogens is 248 g/mol. The highest BCUT2D eigenvalue weighted by Gasteiger charge is 2.36. The Labute approximate surface area is 109 Å². The maximum atomic E-state index is 11.0. The lowest BCUT2D eigenvalue weighted by atomic mass is 10.00. The van der Waals surface area contributed by atoms with Crippen molar-refractivity contribution in [3.05, 3.63) is 23.5 Å². The number of guanidine groups is 1. The van der Waals surface area contributed by atoms with Crippen molar-refractivity contribution in [2.75, 3.05) is 13.2 Å². The number of hydrogen-bond donors (Lipinski definition) is 2. The first kappa shape index (κ1) is 11.9. The van der Waals surface area contributed by atoms with Crippen LogP contribution in [0.25, 0.3) is 0 Å². The van der Waals surface area contributed by atoms with E-state index in [4.69, 9.17) is 15.6 Å². The summed E-state index contributed by atoms with van der Waals surface area (Å²) in [5, 5.41) is 9.02. The van der Waals surface area contributed by atoms with Gasteiger partial charge in [-0.25, -0.2) is 14.8 Å². The second-order valence-corrected chi connectivity index (χ2v) is 4.71. The Balaban J connectivity index is 2.11. The van der Waals surface area contributed by atoms with Crippen molar-refractivity contribution in [3.63, 3.8) is 0 Å². The maximum absolute atomic E-state index is 11.0. The van der Waals surface area contributed by atoms with Gasteiger partial charge in [-0.2, -0.15) is 0 Å². The summed E-state index contributed by atoms with van der Waals surface area (Å²) in [5.74, 6) is -0.625. The first-order valence-electron chi connectivity index (χ1n) is 6.01. The number of carbonyl (C=O) groups is 1. The monoisotopic (exact) mass is 262 g/mol. The van der Waals surface area contributed by atoms with Crippen LogP contribution in [0.15, 0.2) is 17.3 Å². The Morgan fingerprint density at radius 2 is 2.37 bits per heavy atom. The third kappa shape index (κ3) is 1.82. The summed E-state index contributed by atoms with van der Waals surface area (Å²) in [5.41, 5.74) is 7.39. The van der Waals surface area contributed by atoms with Gasteiger partial charge in [-0.1, -0.05) is 0 Å². The molecule has 0 aliphatic carbocycles. The van der Waals surface area contributed by atoms with Crippen molar-refractivity contribution in [2.24, 2.45) is 10.7 Å². The van der Waals surface area contributed by atoms with E-state index in [2.05, 4.69) is 9.98 Å².